The molecule has 0 aliphatic heterocycles. The van der Waals surface area contributed by atoms with Gasteiger partial charge in [0.05, 0.1) is 36.2 Å². The number of hydrazine groups is 1. The first-order valence-corrected chi connectivity index (χ1v) is 17.4. The van der Waals surface area contributed by atoms with E-state index in [1.807, 2.05) is 47.9 Å². The highest BCUT2D eigenvalue weighted by molar-refractivity contribution is 6.04. The van der Waals surface area contributed by atoms with Gasteiger partial charge in [-0.25, -0.2) is 10.6 Å². The van der Waals surface area contributed by atoms with Crippen LogP contribution in [0.3, 0.4) is 0 Å². The second kappa shape index (κ2) is 20.2. The summed E-state index contributed by atoms with van der Waals surface area (Å²) >= 11 is 0. The van der Waals surface area contributed by atoms with Gasteiger partial charge in [-0.05, 0) is 68.4 Å². The SMILES string of the molecule is CCOc1nc2cccc(C(=O)OC(C)OC)c2n1Cc1ccc(-c2ccccc2/C(N)=N/N(N)C(=O)CCO[N+](=O)[O-])cc1.O=COC1CCCCC1. The zero-order valence-electron chi connectivity index (χ0n) is 30.4. The van der Waals surface area contributed by atoms with Gasteiger partial charge in [0.25, 0.3) is 23.5 Å². The van der Waals surface area contributed by atoms with Crippen molar-refractivity contribution in [1.29, 1.82) is 0 Å². The van der Waals surface area contributed by atoms with E-state index in [9.17, 15) is 24.5 Å². The van der Waals surface area contributed by atoms with E-state index in [1.54, 1.807) is 37.3 Å². The van der Waals surface area contributed by atoms with Crippen molar-refractivity contribution in [1.82, 2.24) is 14.7 Å². The minimum absolute atomic E-state index is 0.0332. The molecular weight excluding hydrogens is 702 g/mol. The highest BCUT2D eigenvalue weighted by atomic mass is 16.9. The van der Waals surface area contributed by atoms with Crippen LogP contribution in [0.4, 0.5) is 0 Å². The third-order valence-electron chi connectivity index (χ3n) is 8.42. The molecule has 1 fully saturated rings. The van der Waals surface area contributed by atoms with Gasteiger partial charge in [0, 0.05) is 12.7 Å². The number of hydrogen-bond acceptors (Lipinski definition) is 13. The number of hydrogen-bond donors (Lipinski definition) is 2. The number of carbonyl (C=O) groups excluding carboxylic acids is 3. The second-order valence-corrected chi connectivity index (χ2v) is 12.1. The number of ether oxygens (including phenoxy) is 4. The Bertz CT molecular complexity index is 1910. The van der Waals surface area contributed by atoms with E-state index < -0.39 is 29.9 Å². The molecule has 17 nitrogen and oxygen atoms in total. The van der Waals surface area contributed by atoms with Crippen molar-refractivity contribution in [2.45, 2.75) is 71.3 Å². The first-order valence-electron chi connectivity index (χ1n) is 17.4. The molecule has 1 saturated carbocycles. The number of rotatable bonds is 16. The summed E-state index contributed by atoms with van der Waals surface area (Å²) in [6.45, 7) is 4.30. The Morgan fingerprint density at radius 2 is 1.78 bits per heavy atom. The lowest BCUT2D eigenvalue weighted by Crippen LogP contribution is -2.36. The minimum atomic E-state index is -0.999. The van der Waals surface area contributed by atoms with E-state index in [2.05, 4.69) is 14.9 Å². The number of amides is 1. The van der Waals surface area contributed by atoms with E-state index in [0.717, 1.165) is 29.5 Å². The van der Waals surface area contributed by atoms with Gasteiger partial charge in [-0.2, -0.15) is 10.1 Å². The van der Waals surface area contributed by atoms with Crippen LogP contribution < -0.4 is 16.3 Å². The molecule has 17 heteroatoms. The van der Waals surface area contributed by atoms with E-state index in [1.165, 1.54) is 26.4 Å². The number of nitrogens with zero attached hydrogens (tertiary/aromatic N) is 5. The van der Waals surface area contributed by atoms with Gasteiger partial charge in [-0.3, -0.25) is 14.2 Å². The zero-order valence-corrected chi connectivity index (χ0v) is 30.4. The molecule has 1 unspecified atom stereocenters. The lowest BCUT2D eigenvalue weighted by molar-refractivity contribution is -0.757. The van der Waals surface area contributed by atoms with Crippen LogP contribution in [0.5, 0.6) is 6.01 Å². The maximum Gasteiger partial charge on any atom is 0.342 e. The Morgan fingerprint density at radius 3 is 2.44 bits per heavy atom. The molecule has 1 aliphatic carbocycles. The summed E-state index contributed by atoms with van der Waals surface area (Å²) in [7, 11) is 1.45. The summed E-state index contributed by atoms with van der Waals surface area (Å²) in [6, 6.07) is 20.4. The average molecular weight is 748 g/mol. The molecule has 3 aromatic carbocycles. The Balaban J connectivity index is 0.000000631. The fourth-order valence-electron chi connectivity index (χ4n) is 5.74. The topological polar surface area (TPSA) is 226 Å². The van der Waals surface area contributed by atoms with Gasteiger partial charge in [-0.15, -0.1) is 15.2 Å². The van der Waals surface area contributed by atoms with Crippen LogP contribution in [0.1, 0.15) is 73.9 Å². The van der Waals surface area contributed by atoms with Crippen LogP contribution in [-0.2, 0) is 35.2 Å². The van der Waals surface area contributed by atoms with Gasteiger partial charge in [-0.1, -0.05) is 61.0 Å². The molecule has 0 bridgehead atoms. The first kappa shape index (κ1) is 40.7. The fourth-order valence-corrected chi connectivity index (χ4v) is 5.74. The standard InChI is InChI=1S/C30H33N7O8.C7H12O2/c1-4-43-30-33-25-11-7-10-24(29(39)45-19(2)42-3)27(25)35(30)18-20-12-14-21(15-13-20)22-8-5-6-9-23(22)28(31)34-36(32)26(38)16-17-44-37(40)41;8-6-9-7-4-2-1-3-5-7/h5-15,19H,4,16-18,32H2,1-3H3,(H2,31,34);6-7H,1-5H2. The predicted molar refractivity (Wildman–Crippen MR) is 197 cm³/mol. The summed E-state index contributed by atoms with van der Waals surface area (Å²) in [4.78, 5) is 54.1. The number of nitrogens with two attached hydrogens (primary N) is 2. The zero-order chi connectivity index (χ0) is 39.0. The Morgan fingerprint density at radius 1 is 1.07 bits per heavy atom. The Kier molecular flexibility index (Phi) is 15.3. The molecule has 0 spiro atoms. The van der Waals surface area contributed by atoms with E-state index in [4.69, 9.17) is 30.5 Å². The highest BCUT2D eigenvalue weighted by Gasteiger charge is 2.22. The molecule has 1 heterocycles. The van der Waals surface area contributed by atoms with Gasteiger partial charge in [0.2, 0.25) is 0 Å². The molecule has 288 valence electrons. The molecule has 0 radical (unpaired) electrons. The number of imidazole rings is 1. The summed E-state index contributed by atoms with van der Waals surface area (Å²) in [5.74, 6) is 4.42. The average Bonchev–Trinajstić information content (AvgIpc) is 3.52. The summed E-state index contributed by atoms with van der Waals surface area (Å²) < 4.78 is 22.9. The maximum atomic E-state index is 13.0. The molecule has 1 atom stereocenters. The lowest BCUT2D eigenvalue weighted by Gasteiger charge is -2.18. The number of aromatic nitrogens is 2. The molecule has 1 aliphatic rings. The third kappa shape index (κ3) is 11.2. The summed E-state index contributed by atoms with van der Waals surface area (Å²) in [6.07, 6.45) is 5.03. The quantitative estimate of drug-likeness (QED) is 0.0182. The smallest absolute Gasteiger partial charge is 0.342 e. The van der Waals surface area contributed by atoms with Crippen LogP contribution in [0.15, 0.2) is 71.8 Å². The molecule has 0 saturated heterocycles. The van der Waals surface area contributed by atoms with Crippen molar-refractivity contribution in [3.63, 3.8) is 0 Å². The molecule has 4 aromatic rings. The number of amidine groups is 1. The minimum Gasteiger partial charge on any atom is -0.465 e. The molecule has 54 heavy (non-hydrogen) atoms. The Hall–Kier alpha value is -6.07. The van der Waals surface area contributed by atoms with Crippen molar-refractivity contribution >= 4 is 35.2 Å². The van der Waals surface area contributed by atoms with E-state index in [0.29, 0.717) is 52.9 Å². The van der Waals surface area contributed by atoms with Gasteiger partial charge in [0.1, 0.15) is 12.7 Å². The van der Waals surface area contributed by atoms with Crippen molar-refractivity contribution in [2.75, 3.05) is 20.3 Å². The molecule has 4 N–H and O–H groups in total. The monoisotopic (exact) mass is 747 g/mol. The third-order valence-corrected chi connectivity index (χ3v) is 8.42. The van der Waals surface area contributed by atoms with Crippen molar-refractivity contribution in [2.24, 2.45) is 16.7 Å². The van der Waals surface area contributed by atoms with Crippen molar-refractivity contribution < 1.29 is 43.3 Å². The number of para-hydroxylation sites is 1. The number of methoxy groups -OCH3 is 1. The second-order valence-electron chi connectivity index (χ2n) is 12.1. The normalized spacial score (nSPS) is 13.6. The fraction of sp³-hybridized carbons (Fsp3) is 0.378. The summed E-state index contributed by atoms with van der Waals surface area (Å²) in [5, 5.41) is 13.8. The van der Waals surface area contributed by atoms with Crippen LogP contribution in [0.25, 0.3) is 22.2 Å². The Labute approximate surface area is 311 Å². The van der Waals surface area contributed by atoms with Crippen molar-refractivity contribution in [3.05, 3.63) is 93.5 Å². The largest absolute Gasteiger partial charge is 0.465 e. The van der Waals surface area contributed by atoms with Crippen LogP contribution in [-0.4, -0.2) is 76.7 Å². The number of benzene rings is 3. The van der Waals surface area contributed by atoms with Crippen molar-refractivity contribution in [3.8, 4) is 17.1 Å². The predicted octanol–water partition coefficient (Wildman–Crippen LogP) is 4.71. The number of hydrazone groups is 1. The molecule has 1 aromatic heterocycles. The highest BCUT2D eigenvalue weighted by Crippen LogP contribution is 2.29. The molecular formula is C37H45N7O10. The first-order chi connectivity index (χ1) is 26.1. The van der Waals surface area contributed by atoms with Crippen LogP contribution in [0, 0.1) is 10.1 Å². The van der Waals surface area contributed by atoms with E-state index >= 15 is 0 Å². The van der Waals surface area contributed by atoms with Crippen LogP contribution in [0.2, 0.25) is 0 Å². The summed E-state index contributed by atoms with van der Waals surface area (Å²) in [5.41, 5.74) is 10.6. The number of fused-ring (bicyclic) bond motifs is 1. The van der Waals surface area contributed by atoms with E-state index in [-0.39, 0.29) is 18.4 Å². The number of carbonyl (C=O) groups is 3. The maximum absolute atomic E-state index is 13.0. The van der Waals surface area contributed by atoms with Crippen LogP contribution >= 0.6 is 0 Å². The van der Waals surface area contributed by atoms with Gasteiger partial charge >= 0.3 is 5.97 Å². The lowest BCUT2D eigenvalue weighted by atomic mass is 9.98. The number of esters is 1. The molecule has 5 rings (SSSR count). The van der Waals surface area contributed by atoms with Gasteiger partial charge < -0.3 is 29.5 Å². The molecule has 1 amide bonds. The van der Waals surface area contributed by atoms with Gasteiger partial charge in [0.15, 0.2) is 12.1 Å².